The van der Waals surface area contributed by atoms with E-state index in [4.69, 9.17) is 4.74 Å². The summed E-state index contributed by atoms with van der Waals surface area (Å²) in [5.74, 6) is -1.13. The maximum atomic E-state index is 12.8. The van der Waals surface area contributed by atoms with Gasteiger partial charge in [-0.3, -0.25) is 9.59 Å². The molecule has 1 aliphatic rings. The van der Waals surface area contributed by atoms with E-state index in [0.29, 0.717) is 18.7 Å². The summed E-state index contributed by atoms with van der Waals surface area (Å²) < 4.78 is 5.36. The highest BCUT2D eigenvalue weighted by Crippen LogP contribution is 2.11. The van der Waals surface area contributed by atoms with E-state index in [1.54, 1.807) is 29.2 Å². The van der Waals surface area contributed by atoms with Crippen molar-refractivity contribution in [3.05, 3.63) is 71.8 Å². The minimum absolute atomic E-state index is 0.178. The first kappa shape index (κ1) is 22.5. The lowest BCUT2D eigenvalue weighted by Gasteiger charge is -2.25. The Morgan fingerprint density at radius 1 is 0.839 bits per heavy atom. The van der Waals surface area contributed by atoms with Crippen LogP contribution in [0.5, 0.6) is 0 Å². The Hall–Kier alpha value is -3.15. The molecule has 0 saturated carbocycles. The van der Waals surface area contributed by atoms with Gasteiger partial charge in [0.2, 0.25) is 0 Å². The monoisotopic (exact) mass is 422 g/mol. The molecule has 1 atom stereocenters. The van der Waals surface area contributed by atoms with Crippen molar-refractivity contribution in [1.29, 1.82) is 0 Å². The number of carbonyl (C=O) groups excluding carboxylic acids is 3. The van der Waals surface area contributed by atoms with Crippen LogP contribution >= 0.6 is 0 Å². The van der Waals surface area contributed by atoms with E-state index in [9.17, 15) is 14.4 Å². The lowest BCUT2D eigenvalue weighted by Crippen LogP contribution is -2.45. The minimum Gasteiger partial charge on any atom is -0.454 e. The topological polar surface area (TPSA) is 75.7 Å². The van der Waals surface area contributed by atoms with Gasteiger partial charge in [0, 0.05) is 25.1 Å². The van der Waals surface area contributed by atoms with Gasteiger partial charge in [0.15, 0.2) is 6.61 Å². The van der Waals surface area contributed by atoms with Crippen LogP contribution in [0.2, 0.25) is 0 Å². The molecule has 0 unspecified atom stereocenters. The van der Waals surface area contributed by atoms with Crippen LogP contribution in [0.15, 0.2) is 60.7 Å². The molecule has 2 aromatic carbocycles. The number of nitrogens with zero attached hydrogens (tertiary/aromatic N) is 1. The lowest BCUT2D eigenvalue weighted by molar-refractivity contribution is -0.153. The van der Waals surface area contributed by atoms with Crippen molar-refractivity contribution in [2.24, 2.45) is 0 Å². The first-order valence-corrected chi connectivity index (χ1v) is 11.0. The second-order valence-electron chi connectivity index (χ2n) is 7.84. The largest absolute Gasteiger partial charge is 0.454 e. The van der Waals surface area contributed by atoms with E-state index in [2.05, 4.69) is 5.32 Å². The highest BCUT2D eigenvalue weighted by molar-refractivity contribution is 5.97. The molecule has 0 bridgehead atoms. The number of ether oxygens (including phenoxy) is 1. The van der Waals surface area contributed by atoms with Crippen LogP contribution < -0.4 is 5.32 Å². The summed E-state index contributed by atoms with van der Waals surface area (Å²) in [4.78, 5) is 39.8. The number of likely N-dealkylation sites (tertiary alicyclic amines) is 1. The van der Waals surface area contributed by atoms with E-state index in [0.717, 1.165) is 31.2 Å². The molecule has 6 nitrogen and oxygen atoms in total. The van der Waals surface area contributed by atoms with Crippen LogP contribution in [0.1, 0.15) is 48.0 Å². The van der Waals surface area contributed by atoms with Crippen molar-refractivity contribution in [3.8, 4) is 0 Å². The van der Waals surface area contributed by atoms with Gasteiger partial charge in [0.05, 0.1) is 0 Å². The van der Waals surface area contributed by atoms with Gasteiger partial charge in [0.25, 0.3) is 11.8 Å². The van der Waals surface area contributed by atoms with Crippen molar-refractivity contribution in [2.45, 2.75) is 44.6 Å². The fourth-order valence-electron chi connectivity index (χ4n) is 3.70. The highest BCUT2D eigenvalue weighted by Gasteiger charge is 2.25. The van der Waals surface area contributed by atoms with E-state index in [-0.39, 0.29) is 24.8 Å². The summed E-state index contributed by atoms with van der Waals surface area (Å²) in [6, 6.07) is 17.3. The normalized spacial score (nSPS) is 15.3. The minimum atomic E-state index is -0.879. The van der Waals surface area contributed by atoms with Gasteiger partial charge in [-0.15, -0.1) is 0 Å². The van der Waals surface area contributed by atoms with E-state index < -0.39 is 12.0 Å². The summed E-state index contributed by atoms with van der Waals surface area (Å²) >= 11 is 0. The molecule has 164 valence electrons. The van der Waals surface area contributed by atoms with Gasteiger partial charge in [-0.2, -0.15) is 0 Å². The predicted octanol–water partition coefficient (Wildman–Crippen LogP) is 3.36. The molecular weight excluding hydrogens is 392 g/mol. The second-order valence-corrected chi connectivity index (χ2v) is 7.84. The Balaban J connectivity index is 1.62. The number of nitrogens with one attached hydrogen (secondary N) is 1. The molecule has 2 aromatic rings. The fourth-order valence-corrected chi connectivity index (χ4v) is 3.70. The van der Waals surface area contributed by atoms with Gasteiger partial charge >= 0.3 is 5.97 Å². The van der Waals surface area contributed by atoms with E-state index in [1.165, 1.54) is 6.42 Å². The number of esters is 1. The van der Waals surface area contributed by atoms with E-state index >= 15 is 0 Å². The summed E-state index contributed by atoms with van der Waals surface area (Å²) in [6.07, 6.45) is 5.69. The third kappa shape index (κ3) is 7.24. The van der Waals surface area contributed by atoms with Gasteiger partial charge < -0.3 is 15.0 Å². The molecule has 1 fully saturated rings. The number of hydrogen-bond donors (Lipinski definition) is 1. The maximum Gasteiger partial charge on any atom is 0.329 e. The quantitative estimate of drug-likeness (QED) is 0.694. The lowest BCUT2D eigenvalue weighted by atomic mass is 10.1. The van der Waals surface area contributed by atoms with Crippen LogP contribution in [-0.2, 0) is 20.7 Å². The number of benzene rings is 2. The molecule has 2 amide bonds. The Kier molecular flexibility index (Phi) is 8.64. The van der Waals surface area contributed by atoms with Crippen molar-refractivity contribution in [2.75, 3.05) is 19.7 Å². The molecule has 0 spiro atoms. The number of amides is 2. The van der Waals surface area contributed by atoms with E-state index in [1.807, 2.05) is 36.4 Å². The molecule has 6 heteroatoms. The fraction of sp³-hybridized carbons (Fsp3) is 0.400. The average Bonchev–Trinajstić information content (AvgIpc) is 2.78. The molecule has 1 N–H and O–H groups in total. The second kappa shape index (κ2) is 11.9. The Morgan fingerprint density at radius 2 is 1.42 bits per heavy atom. The van der Waals surface area contributed by atoms with Gasteiger partial charge in [0.1, 0.15) is 6.04 Å². The van der Waals surface area contributed by atoms with Crippen LogP contribution in [0, 0.1) is 0 Å². The summed E-state index contributed by atoms with van der Waals surface area (Å²) in [5, 5.41) is 2.76. The van der Waals surface area contributed by atoms with Crippen LogP contribution in [0.3, 0.4) is 0 Å². The summed E-state index contributed by atoms with van der Waals surface area (Å²) in [6.45, 7) is 1.11. The van der Waals surface area contributed by atoms with Crippen molar-refractivity contribution >= 4 is 17.8 Å². The third-order valence-electron chi connectivity index (χ3n) is 5.46. The molecule has 1 saturated heterocycles. The number of carbonyl (C=O) groups is 3. The molecule has 0 aromatic heterocycles. The Labute approximate surface area is 183 Å². The standard InChI is InChI=1S/C25H30N2O4/c28-23(27-16-10-2-1-3-11-17-27)19-31-25(30)22(18-20-12-6-4-7-13-20)26-24(29)21-14-8-5-9-15-21/h4-9,12-15,22H,1-3,10-11,16-19H2,(H,26,29)/t22-/m0/s1. The molecule has 0 aliphatic carbocycles. The highest BCUT2D eigenvalue weighted by atomic mass is 16.5. The SMILES string of the molecule is O=C(N[C@@H](Cc1ccccc1)C(=O)OCC(=O)N1CCCCCCC1)c1ccccc1. The van der Waals surface area contributed by atoms with Gasteiger partial charge in [-0.1, -0.05) is 67.8 Å². The molecule has 0 radical (unpaired) electrons. The Bertz CT molecular complexity index is 846. The van der Waals surface area contributed by atoms with Crippen LogP contribution in [-0.4, -0.2) is 48.4 Å². The summed E-state index contributed by atoms with van der Waals surface area (Å²) in [5.41, 5.74) is 1.36. The zero-order valence-corrected chi connectivity index (χ0v) is 17.8. The average molecular weight is 423 g/mol. The van der Waals surface area contributed by atoms with Crippen molar-refractivity contribution < 1.29 is 19.1 Å². The maximum absolute atomic E-state index is 12.8. The van der Waals surface area contributed by atoms with Crippen molar-refractivity contribution in [3.63, 3.8) is 0 Å². The van der Waals surface area contributed by atoms with Gasteiger partial charge in [-0.05, 0) is 30.5 Å². The molecule has 1 heterocycles. The number of rotatable bonds is 7. The van der Waals surface area contributed by atoms with Gasteiger partial charge in [-0.25, -0.2) is 4.79 Å². The molecule has 31 heavy (non-hydrogen) atoms. The summed E-state index contributed by atoms with van der Waals surface area (Å²) in [7, 11) is 0. The first-order valence-electron chi connectivity index (χ1n) is 11.0. The van der Waals surface area contributed by atoms with Crippen LogP contribution in [0.4, 0.5) is 0 Å². The van der Waals surface area contributed by atoms with Crippen LogP contribution in [0.25, 0.3) is 0 Å². The smallest absolute Gasteiger partial charge is 0.329 e. The number of hydrogen-bond acceptors (Lipinski definition) is 4. The zero-order valence-electron chi connectivity index (χ0n) is 17.8. The molecule has 3 rings (SSSR count). The Morgan fingerprint density at radius 3 is 2.06 bits per heavy atom. The predicted molar refractivity (Wildman–Crippen MR) is 118 cm³/mol. The van der Waals surface area contributed by atoms with Crippen molar-refractivity contribution in [1.82, 2.24) is 10.2 Å². The first-order chi connectivity index (χ1) is 15.1. The molecular formula is C25H30N2O4. The zero-order chi connectivity index (χ0) is 21.9. The molecule has 1 aliphatic heterocycles. The third-order valence-corrected chi connectivity index (χ3v) is 5.46.